The summed E-state index contributed by atoms with van der Waals surface area (Å²) >= 11 is 0. The average Bonchev–Trinajstić information content (AvgIpc) is 1.87. The molecule has 0 amide bonds. The lowest BCUT2D eigenvalue weighted by atomic mass is 10.3. The van der Waals surface area contributed by atoms with Gasteiger partial charge in [-0.15, -0.1) is 0 Å². The molecule has 0 heterocycles. The van der Waals surface area contributed by atoms with E-state index in [1.807, 2.05) is 13.0 Å². The second-order valence-corrected chi connectivity index (χ2v) is 2.41. The number of aliphatic hydroxyl groups excluding tert-OH is 1. The van der Waals surface area contributed by atoms with Gasteiger partial charge in [-0.05, 0) is 26.8 Å². The third kappa shape index (κ3) is 7.66. The summed E-state index contributed by atoms with van der Waals surface area (Å²) in [6.07, 6.45) is 4.95. The number of hydrogen-bond donors (Lipinski definition) is 2. The van der Waals surface area contributed by atoms with Crippen molar-refractivity contribution in [1.29, 1.82) is 0 Å². The van der Waals surface area contributed by atoms with Gasteiger partial charge in [0.05, 0.1) is 6.10 Å². The highest BCUT2D eigenvalue weighted by molar-refractivity contribution is 4.77. The largest absolute Gasteiger partial charge is 0.392 e. The molecule has 10 heavy (non-hydrogen) atoms. The van der Waals surface area contributed by atoms with Crippen LogP contribution in [0.1, 0.15) is 20.3 Å². The van der Waals surface area contributed by atoms with Gasteiger partial charge in [-0.1, -0.05) is 12.2 Å². The van der Waals surface area contributed by atoms with Crippen LogP contribution in [0, 0.1) is 0 Å². The second-order valence-electron chi connectivity index (χ2n) is 2.41. The molecule has 60 valence electrons. The molecule has 0 rings (SSSR count). The van der Waals surface area contributed by atoms with Crippen LogP contribution in [-0.4, -0.2) is 24.3 Å². The predicted octanol–water partition coefficient (Wildman–Crippen LogP) is 0.923. The van der Waals surface area contributed by atoms with E-state index in [4.69, 9.17) is 5.11 Å². The molecule has 0 saturated heterocycles. The van der Waals surface area contributed by atoms with Crippen LogP contribution in [0.15, 0.2) is 12.2 Å². The summed E-state index contributed by atoms with van der Waals surface area (Å²) in [5.74, 6) is 0. The Hall–Kier alpha value is -0.340. The lowest BCUT2D eigenvalue weighted by Crippen LogP contribution is -2.24. The van der Waals surface area contributed by atoms with Crippen molar-refractivity contribution in [3.05, 3.63) is 12.2 Å². The molecule has 0 aliphatic rings. The third-order valence-corrected chi connectivity index (χ3v) is 1.16. The van der Waals surface area contributed by atoms with Crippen LogP contribution in [0.5, 0.6) is 0 Å². The maximum Gasteiger partial charge on any atom is 0.0636 e. The maximum atomic E-state index is 8.83. The highest BCUT2D eigenvalue weighted by Crippen LogP contribution is 1.80. The zero-order valence-electron chi connectivity index (χ0n) is 6.80. The summed E-state index contributed by atoms with van der Waals surface area (Å²) in [7, 11) is 0. The van der Waals surface area contributed by atoms with Gasteiger partial charge in [0.15, 0.2) is 0 Å². The smallest absolute Gasteiger partial charge is 0.0636 e. The Bertz CT molecular complexity index is 89.3. The molecule has 0 unspecified atom stereocenters. The summed E-state index contributed by atoms with van der Waals surface area (Å²) in [6.45, 7) is 5.43. The molecule has 0 aromatic heterocycles. The van der Waals surface area contributed by atoms with Gasteiger partial charge in [-0.2, -0.15) is 0 Å². The number of hydrogen-bond acceptors (Lipinski definition) is 2. The first kappa shape index (κ1) is 9.66. The first-order valence-corrected chi connectivity index (χ1v) is 3.77. The fraction of sp³-hybridized carbons (Fsp3) is 0.750. The van der Waals surface area contributed by atoms with Crippen LogP contribution in [0.4, 0.5) is 0 Å². The van der Waals surface area contributed by atoms with Gasteiger partial charge >= 0.3 is 0 Å². The van der Waals surface area contributed by atoms with Crippen LogP contribution < -0.4 is 5.32 Å². The topological polar surface area (TPSA) is 32.3 Å². The van der Waals surface area contributed by atoms with Gasteiger partial charge in [0.25, 0.3) is 0 Å². The molecule has 0 saturated carbocycles. The number of allylic oxidation sites excluding steroid dienone is 1. The Kier molecular flexibility index (Phi) is 6.55. The van der Waals surface area contributed by atoms with E-state index < -0.39 is 0 Å². The predicted molar refractivity (Wildman–Crippen MR) is 44.0 cm³/mol. The molecule has 0 radical (unpaired) electrons. The first-order chi connectivity index (χ1) is 4.77. The van der Waals surface area contributed by atoms with Crippen molar-refractivity contribution in [2.24, 2.45) is 0 Å². The minimum absolute atomic E-state index is 0.231. The average molecular weight is 143 g/mol. The van der Waals surface area contributed by atoms with Gasteiger partial charge in [0.2, 0.25) is 0 Å². The van der Waals surface area contributed by atoms with E-state index in [0.29, 0.717) is 6.54 Å². The molecule has 0 spiro atoms. The van der Waals surface area contributed by atoms with E-state index in [1.165, 1.54) is 0 Å². The molecule has 0 aliphatic carbocycles. The molecule has 0 fully saturated rings. The van der Waals surface area contributed by atoms with E-state index in [0.717, 1.165) is 13.0 Å². The molecule has 2 heteroatoms. The van der Waals surface area contributed by atoms with Crippen molar-refractivity contribution in [3.8, 4) is 0 Å². The number of nitrogens with one attached hydrogen (secondary N) is 1. The summed E-state index contributed by atoms with van der Waals surface area (Å²) < 4.78 is 0. The van der Waals surface area contributed by atoms with Crippen molar-refractivity contribution in [1.82, 2.24) is 5.32 Å². The quantitative estimate of drug-likeness (QED) is 0.443. The summed E-state index contributed by atoms with van der Waals surface area (Å²) in [4.78, 5) is 0. The minimum Gasteiger partial charge on any atom is -0.392 e. The molecular weight excluding hydrogens is 126 g/mol. The fourth-order valence-electron chi connectivity index (χ4n) is 0.663. The van der Waals surface area contributed by atoms with Crippen LogP contribution in [-0.2, 0) is 0 Å². The third-order valence-electron chi connectivity index (χ3n) is 1.16. The van der Waals surface area contributed by atoms with Crippen molar-refractivity contribution < 1.29 is 5.11 Å². The molecule has 0 bridgehead atoms. The Morgan fingerprint density at radius 2 is 2.30 bits per heavy atom. The molecule has 0 aromatic carbocycles. The van der Waals surface area contributed by atoms with Gasteiger partial charge in [0.1, 0.15) is 0 Å². The van der Waals surface area contributed by atoms with Gasteiger partial charge in [0, 0.05) is 6.54 Å². The summed E-state index contributed by atoms with van der Waals surface area (Å²) in [5, 5.41) is 11.9. The van der Waals surface area contributed by atoms with Crippen molar-refractivity contribution in [3.63, 3.8) is 0 Å². The Balaban J connectivity index is 2.91. The zero-order chi connectivity index (χ0) is 7.82. The van der Waals surface area contributed by atoms with Gasteiger partial charge < -0.3 is 10.4 Å². The standard InChI is InChI=1S/C8H17NO/c1-3-4-5-6-9-7-8(2)10/h3-4,8-10H,5-7H2,1-2H3/b4-3+/t8-/m1/s1. The van der Waals surface area contributed by atoms with E-state index in [-0.39, 0.29) is 6.10 Å². The highest BCUT2D eigenvalue weighted by atomic mass is 16.3. The lowest BCUT2D eigenvalue weighted by Gasteiger charge is -2.03. The molecule has 2 N–H and O–H groups in total. The first-order valence-electron chi connectivity index (χ1n) is 3.77. The molecule has 0 aromatic rings. The number of aliphatic hydroxyl groups is 1. The van der Waals surface area contributed by atoms with E-state index in [1.54, 1.807) is 6.92 Å². The summed E-state index contributed by atoms with van der Waals surface area (Å²) in [5.41, 5.74) is 0. The van der Waals surface area contributed by atoms with Crippen LogP contribution in [0.3, 0.4) is 0 Å². The van der Waals surface area contributed by atoms with Gasteiger partial charge in [-0.3, -0.25) is 0 Å². The van der Waals surface area contributed by atoms with Gasteiger partial charge in [-0.25, -0.2) is 0 Å². The molecule has 2 nitrogen and oxygen atoms in total. The van der Waals surface area contributed by atoms with Crippen LogP contribution >= 0.6 is 0 Å². The van der Waals surface area contributed by atoms with E-state index in [9.17, 15) is 0 Å². The van der Waals surface area contributed by atoms with E-state index in [2.05, 4.69) is 11.4 Å². The Morgan fingerprint density at radius 1 is 1.60 bits per heavy atom. The lowest BCUT2D eigenvalue weighted by molar-refractivity contribution is 0.192. The molecule has 1 atom stereocenters. The Morgan fingerprint density at radius 3 is 2.80 bits per heavy atom. The number of rotatable bonds is 5. The highest BCUT2D eigenvalue weighted by Gasteiger charge is 1.90. The SMILES string of the molecule is C/C=C/CCNC[C@@H](C)O. The monoisotopic (exact) mass is 143 g/mol. The fourth-order valence-corrected chi connectivity index (χ4v) is 0.663. The van der Waals surface area contributed by atoms with Crippen molar-refractivity contribution in [2.75, 3.05) is 13.1 Å². The Labute approximate surface area is 62.9 Å². The van der Waals surface area contributed by atoms with E-state index >= 15 is 0 Å². The molecule has 0 aliphatic heterocycles. The van der Waals surface area contributed by atoms with Crippen LogP contribution in [0.2, 0.25) is 0 Å². The van der Waals surface area contributed by atoms with Crippen molar-refractivity contribution >= 4 is 0 Å². The normalized spacial score (nSPS) is 14.3. The van der Waals surface area contributed by atoms with Crippen molar-refractivity contribution in [2.45, 2.75) is 26.4 Å². The maximum absolute atomic E-state index is 8.83. The minimum atomic E-state index is -0.231. The molecular formula is C8H17NO. The second kappa shape index (κ2) is 6.78. The summed E-state index contributed by atoms with van der Waals surface area (Å²) in [6, 6.07) is 0. The van der Waals surface area contributed by atoms with Crippen LogP contribution in [0.25, 0.3) is 0 Å². The zero-order valence-corrected chi connectivity index (χ0v) is 6.80.